The van der Waals surface area contributed by atoms with Crippen molar-refractivity contribution in [2.24, 2.45) is 46.3 Å². The quantitative estimate of drug-likeness (QED) is 0.222. The second-order valence-electron chi connectivity index (χ2n) is 15.9. The molecule has 6 heteroatoms. The molecule has 1 heterocycles. The van der Waals surface area contributed by atoms with Crippen molar-refractivity contribution in [3.8, 4) is 0 Å². The van der Waals surface area contributed by atoms with Crippen LogP contribution < -0.4 is 5.32 Å². The molecule has 42 heavy (non-hydrogen) atoms. The number of aliphatic hydroxyl groups is 1. The molecule has 4 aliphatic rings. The van der Waals surface area contributed by atoms with Gasteiger partial charge in [0.15, 0.2) is 0 Å². The van der Waals surface area contributed by atoms with E-state index < -0.39 is 5.60 Å². The molecule has 0 bridgehead atoms. The van der Waals surface area contributed by atoms with E-state index in [1.54, 1.807) is 6.33 Å². The van der Waals surface area contributed by atoms with Crippen molar-refractivity contribution in [2.75, 3.05) is 6.54 Å². The van der Waals surface area contributed by atoms with Crippen molar-refractivity contribution in [3.63, 3.8) is 0 Å². The van der Waals surface area contributed by atoms with Crippen LogP contribution in [-0.2, 0) is 16.0 Å². The Hall–Kier alpha value is -1.40. The van der Waals surface area contributed by atoms with Crippen LogP contribution in [0.25, 0.3) is 0 Å². The van der Waals surface area contributed by atoms with Crippen molar-refractivity contribution in [1.82, 2.24) is 15.3 Å². The van der Waals surface area contributed by atoms with Crippen LogP contribution in [0.15, 0.2) is 12.5 Å². The molecule has 5 rings (SSSR count). The molecule has 3 unspecified atom stereocenters. The van der Waals surface area contributed by atoms with Crippen molar-refractivity contribution in [3.05, 3.63) is 18.2 Å². The van der Waals surface area contributed by atoms with Gasteiger partial charge in [-0.2, -0.15) is 0 Å². The van der Waals surface area contributed by atoms with Crippen LogP contribution in [-0.4, -0.2) is 45.3 Å². The fourth-order valence-corrected chi connectivity index (χ4v) is 10.9. The van der Waals surface area contributed by atoms with Gasteiger partial charge < -0.3 is 20.1 Å². The minimum absolute atomic E-state index is 0.00390. The summed E-state index contributed by atoms with van der Waals surface area (Å²) < 4.78 is 5.97. The highest BCUT2D eigenvalue weighted by molar-refractivity contribution is 5.69. The topological polar surface area (TPSA) is 87.2 Å². The SMILES string of the molecule is CCCC(=O)O[C@H]1CC[C@]2(C)C3CC[C@@]4(C)C(CC[C@@H]4[C@H](C)CCCC(C)C)C3C[C@@H](NCCc3cnc[nH]3)[C@@]2(O)C1. The van der Waals surface area contributed by atoms with Crippen LogP contribution in [0.5, 0.6) is 0 Å². The fraction of sp³-hybridized carbons (Fsp3) is 0.889. The van der Waals surface area contributed by atoms with Gasteiger partial charge in [-0.25, -0.2) is 4.98 Å². The number of hydrogen-bond donors (Lipinski definition) is 3. The third-order valence-electron chi connectivity index (χ3n) is 13.1. The van der Waals surface area contributed by atoms with Crippen molar-refractivity contribution in [1.29, 1.82) is 0 Å². The minimum atomic E-state index is -0.881. The number of rotatable bonds is 12. The van der Waals surface area contributed by atoms with Crippen LogP contribution >= 0.6 is 0 Å². The maximum atomic E-state index is 12.8. The first-order chi connectivity index (χ1) is 20.0. The maximum absolute atomic E-state index is 12.8. The van der Waals surface area contributed by atoms with Crippen LogP contribution in [0.4, 0.5) is 0 Å². The average Bonchev–Trinajstić information content (AvgIpc) is 3.57. The van der Waals surface area contributed by atoms with E-state index in [1.165, 1.54) is 44.9 Å². The van der Waals surface area contributed by atoms with E-state index in [-0.39, 0.29) is 23.5 Å². The highest BCUT2D eigenvalue weighted by atomic mass is 16.5. The summed E-state index contributed by atoms with van der Waals surface area (Å²) in [4.78, 5) is 19.9. The summed E-state index contributed by atoms with van der Waals surface area (Å²) in [6.07, 6.45) is 18.3. The van der Waals surface area contributed by atoms with E-state index >= 15 is 0 Å². The molecule has 0 amide bonds. The number of carbonyl (C=O) groups is 1. The first-order valence-corrected chi connectivity index (χ1v) is 17.6. The number of aromatic amines is 1. The minimum Gasteiger partial charge on any atom is -0.462 e. The first-order valence-electron chi connectivity index (χ1n) is 17.6. The number of H-pyrrole nitrogens is 1. The highest BCUT2D eigenvalue weighted by Gasteiger charge is 2.67. The van der Waals surface area contributed by atoms with E-state index in [0.717, 1.165) is 68.0 Å². The Morgan fingerprint density at radius 2 is 1.95 bits per heavy atom. The molecule has 4 aliphatic carbocycles. The second-order valence-corrected chi connectivity index (χ2v) is 15.9. The summed E-state index contributed by atoms with van der Waals surface area (Å²) in [5, 5.41) is 16.7. The molecule has 4 saturated carbocycles. The van der Waals surface area contributed by atoms with Gasteiger partial charge in [0.2, 0.25) is 0 Å². The van der Waals surface area contributed by atoms with Gasteiger partial charge in [0, 0.05) is 49.2 Å². The zero-order valence-electron chi connectivity index (χ0n) is 27.6. The van der Waals surface area contributed by atoms with E-state index in [2.05, 4.69) is 49.9 Å². The molecule has 1 aromatic heterocycles. The average molecular weight is 584 g/mol. The zero-order chi connectivity index (χ0) is 30.1. The van der Waals surface area contributed by atoms with Gasteiger partial charge >= 0.3 is 5.97 Å². The molecule has 238 valence electrons. The van der Waals surface area contributed by atoms with Gasteiger partial charge in [0.05, 0.1) is 11.9 Å². The molecule has 4 fully saturated rings. The number of esters is 1. The number of hydrogen-bond acceptors (Lipinski definition) is 5. The number of fused-ring (bicyclic) bond motifs is 5. The maximum Gasteiger partial charge on any atom is 0.306 e. The lowest BCUT2D eigenvalue weighted by molar-refractivity contribution is -0.237. The normalized spacial score (nSPS) is 40.3. The van der Waals surface area contributed by atoms with Crippen molar-refractivity contribution in [2.45, 2.75) is 149 Å². The molecular formula is C36H61N3O3. The van der Waals surface area contributed by atoms with E-state index in [0.29, 0.717) is 30.1 Å². The molecule has 10 atom stereocenters. The Morgan fingerprint density at radius 1 is 1.14 bits per heavy atom. The highest BCUT2D eigenvalue weighted by Crippen LogP contribution is 2.69. The Bertz CT molecular complexity index is 1030. The third kappa shape index (κ3) is 5.97. The Morgan fingerprint density at radius 3 is 2.67 bits per heavy atom. The predicted octanol–water partition coefficient (Wildman–Crippen LogP) is 7.47. The molecule has 0 radical (unpaired) electrons. The lowest BCUT2D eigenvalue weighted by atomic mass is 9.42. The molecule has 3 N–H and O–H groups in total. The van der Waals surface area contributed by atoms with Gasteiger partial charge in [-0.1, -0.05) is 60.8 Å². The fourth-order valence-electron chi connectivity index (χ4n) is 10.9. The summed E-state index contributed by atoms with van der Waals surface area (Å²) in [5.74, 6) is 4.23. The van der Waals surface area contributed by atoms with E-state index in [4.69, 9.17) is 4.74 Å². The molecule has 6 nitrogen and oxygen atoms in total. The molecule has 0 saturated heterocycles. The molecule has 0 spiro atoms. The second kappa shape index (κ2) is 12.9. The van der Waals surface area contributed by atoms with E-state index in [9.17, 15) is 9.90 Å². The Labute approximate surface area is 255 Å². The largest absolute Gasteiger partial charge is 0.462 e. The van der Waals surface area contributed by atoms with Crippen LogP contribution in [0.2, 0.25) is 0 Å². The molecule has 0 aromatic carbocycles. The number of imidazole rings is 1. The van der Waals surface area contributed by atoms with Gasteiger partial charge in [0.25, 0.3) is 0 Å². The van der Waals surface area contributed by atoms with Gasteiger partial charge in [-0.15, -0.1) is 0 Å². The van der Waals surface area contributed by atoms with Crippen molar-refractivity contribution >= 4 is 5.97 Å². The summed E-state index contributed by atoms with van der Waals surface area (Å²) in [7, 11) is 0. The van der Waals surface area contributed by atoms with Gasteiger partial charge in [-0.3, -0.25) is 4.79 Å². The number of carbonyl (C=O) groups excluding carboxylic acids is 1. The van der Waals surface area contributed by atoms with E-state index in [1.807, 2.05) is 13.1 Å². The number of ether oxygens (including phenoxy) is 1. The predicted molar refractivity (Wildman–Crippen MR) is 169 cm³/mol. The number of aromatic nitrogens is 2. The summed E-state index contributed by atoms with van der Waals surface area (Å²) in [6.45, 7) is 15.1. The lowest BCUT2D eigenvalue weighted by Crippen LogP contribution is -2.71. The Balaban J connectivity index is 1.37. The molecule has 1 aromatic rings. The summed E-state index contributed by atoms with van der Waals surface area (Å²) in [6, 6.07) is 0.00390. The monoisotopic (exact) mass is 583 g/mol. The molecular weight excluding hydrogens is 522 g/mol. The zero-order valence-corrected chi connectivity index (χ0v) is 27.6. The lowest BCUT2D eigenvalue weighted by Gasteiger charge is -2.66. The van der Waals surface area contributed by atoms with Gasteiger partial charge in [0.1, 0.15) is 6.10 Å². The number of nitrogens with zero attached hydrogens (tertiary/aromatic N) is 1. The summed E-state index contributed by atoms with van der Waals surface area (Å²) in [5.41, 5.74) is 0.485. The first kappa shape index (κ1) is 32.0. The van der Waals surface area contributed by atoms with Crippen molar-refractivity contribution < 1.29 is 14.6 Å². The Kier molecular flexibility index (Phi) is 9.84. The van der Waals surface area contributed by atoms with Gasteiger partial charge in [-0.05, 0) is 92.3 Å². The van der Waals surface area contributed by atoms with Crippen LogP contribution in [0.1, 0.15) is 131 Å². The third-order valence-corrected chi connectivity index (χ3v) is 13.1. The van der Waals surface area contributed by atoms with Crippen LogP contribution in [0.3, 0.4) is 0 Å². The van der Waals surface area contributed by atoms with Crippen LogP contribution in [0, 0.1) is 46.3 Å². The number of nitrogens with one attached hydrogen (secondary N) is 2. The summed E-state index contributed by atoms with van der Waals surface area (Å²) >= 11 is 0. The smallest absolute Gasteiger partial charge is 0.306 e. The standard InChI is InChI=1S/C36H61N3O3/c1-7-9-33(40)42-27-14-18-35(6)31-15-17-34(5)29(25(4)11-8-10-24(2)3)12-13-30(34)28(31)20-32(36(35,41)21-27)38-19-16-26-22-37-23-39-26/h22-25,27-32,38,41H,7-21H2,1-6H3,(H,37,39)/t25-,27+,28?,29-,30?,31?,32-,34-,35-,36+/m1/s1. The molecule has 0 aliphatic heterocycles.